The van der Waals surface area contributed by atoms with Crippen molar-refractivity contribution in [2.75, 3.05) is 7.11 Å². The molecule has 0 aliphatic rings. The smallest absolute Gasteiger partial charge is 0.134 e. The number of para-hydroxylation sites is 1. The van der Waals surface area contributed by atoms with Crippen molar-refractivity contribution in [1.82, 2.24) is 0 Å². The Morgan fingerprint density at radius 2 is 1.55 bits per heavy atom. The van der Waals surface area contributed by atoms with Gasteiger partial charge in [-0.2, -0.15) is 0 Å². The Morgan fingerprint density at radius 3 is 2.25 bits per heavy atom. The van der Waals surface area contributed by atoms with Gasteiger partial charge in [0, 0.05) is 6.42 Å². The van der Waals surface area contributed by atoms with E-state index in [9.17, 15) is 0 Å². The summed E-state index contributed by atoms with van der Waals surface area (Å²) < 4.78 is 5.29. The predicted molar refractivity (Wildman–Crippen MR) is 87.1 cm³/mol. The highest BCUT2D eigenvalue weighted by Crippen LogP contribution is 2.15. The number of hydrogen-bond acceptors (Lipinski definition) is 1. The fourth-order valence-electron chi connectivity index (χ4n) is 2.25. The van der Waals surface area contributed by atoms with Crippen LogP contribution in [0.5, 0.6) is 5.75 Å². The Labute approximate surface area is 124 Å². The molecule has 1 aromatic rings. The molecule has 0 unspecified atom stereocenters. The highest BCUT2D eigenvalue weighted by Gasteiger charge is 1.96. The summed E-state index contributed by atoms with van der Waals surface area (Å²) in [5.74, 6) is 7.34. The van der Waals surface area contributed by atoms with E-state index in [2.05, 4.69) is 18.8 Å². The third-order valence-corrected chi connectivity index (χ3v) is 3.49. The standard InChI is InChI=1S/C19H28O/c1-3-4-5-6-7-8-9-10-11-12-15-18-16-13-14-17-19(18)20-2/h13-14,16-17H,3-11H2,1-2H3. The van der Waals surface area contributed by atoms with E-state index in [1.54, 1.807) is 7.11 Å². The number of benzene rings is 1. The summed E-state index contributed by atoms with van der Waals surface area (Å²) in [5.41, 5.74) is 0.995. The number of unbranched alkanes of at least 4 members (excludes halogenated alkanes) is 8. The Morgan fingerprint density at radius 1 is 0.900 bits per heavy atom. The average Bonchev–Trinajstić information content (AvgIpc) is 2.49. The molecule has 0 radical (unpaired) electrons. The van der Waals surface area contributed by atoms with Crippen LogP contribution in [0, 0.1) is 11.8 Å². The number of hydrogen-bond donors (Lipinski definition) is 0. The molecule has 1 heteroatoms. The maximum absolute atomic E-state index is 5.29. The summed E-state index contributed by atoms with van der Waals surface area (Å²) in [6.07, 6.45) is 11.8. The fourth-order valence-corrected chi connectivity index (χ4v) is 2.25. The first-order valence-electron chi connectivity index (χ1n) is 8.00. The van der Waals surface area contributed by atoms with Crippen LogP contribution in [0.15, 0.2) is 24.3 Å². The molecule has 0 saturated heterocycles. The summed E-state index contributed by atoms with van der Waals surface area (Å²) in [5, 5.41) is 0. The number of methoxy groups -OCH3 is 1. The lowest BCUT2D eigenvalue weighted by molar-refractivity contribution is 0.413. The second kappa shape index (κ2) is 11.4. The van der Waals surface area contributed by atoms with Crippen molar-refractivity contribution < 1.29 is 4.74 Å². The summed E-state index contributed by atoms with van der Waals surface area (Å²) in [7, 11) is 1.69. The molecule has 0 heterocycles. The zero-order valence-corrected chi connectivity index (χ0v) is 13.1. The van der Waals surface area contributed by atoms with E-state index >= 15 is 0 Å². The Kier molecular flexibility index (Phi) is 9.49. The van der Waals surface area contributed by atoms with Crippen molar-refractivity contribution in [3.05, 3.63) is 29.8 Å². The Hall–Kier alpha value is -1.42. The van der Waals surface area contributed by atoms with Gasteiger partial charge in [-0.1, -0.05) is 75.8 Å². The highest BCUT2D eigenvalue weighted by atomic mass is 16.5. The molecule has 1 nitrogen and oxygen atoms in total. The molecule has 0 saturated carbocycles. The Balaban J connectivity index is 2.11. The van der Waals surface area contributed by atoms with Crippen molar-refractivity contribution in [2.45, 2.75) is 64.7 Å². The van der Waals surface area contributed by atoms with Crippen LogP contribution in [-0.4, -0.2) is 7.11 Å². The summed E-state index contributed by atoms with van der Waals surface area (Å²) in [6, 6.07) is 7.95. The van der Waals surface area contributed by atoms with Gasteiger partial charge < -0.3 is 4.74 Å². The normalized spacial score (nSPS) is 9.90. The lowest BCUT2D eigenvalue weighted by Crippen LogP contribution is -1.86. The van der Waals surface area contributed by atoms with Crippen molar-refractivity contribution in [3.8, 4) is 17.6 Å². The van der Waals surface area contributed by atoms with Crippen LogP contribution in [-0.2, 0) is 0 Å². The third-order valence-electron chi connectivity index (χ3n) is 3.49. The van der Waals surface area contributed by atoms with Crippen LogP contribution in [0.25, 0.3) is 0 Å². The number of ether oxygens (including phenoxy) is 1. The monoisotopic (exact) mass is 272 g/mol. The van der Waals surface area contributed by atoms with Gasteiger partial charge in [0.05, 0.1) is 12.7 Å². The lowest BCUT2D eigenvalue weighted by atomic mass is 10.1. The molecule has 0 atom stereocenters. The molecule has 1 rings (SSSR count). The molecule has 0 aliphatic carbocycles. The highest BCUT2D eigenvalue weighted by molar-refractivity contribution is 5.45. The van der Waals surface area contributed by atoms with Crippen LogP contribution >= 0.6 is 0 Å². The van der Waals surface area contributed by atoms with Gasteiger partial charge in [-0.25, -0.2) is 0 Å². The van der Waals surface area contributed by atoms with Crippen molar-refractivity contribution >= 4 is 0 Å². The molecule has 0 spiro atoms. The molecule has 0 amide bonds. The van der Waals surface area contributed by atoms with Gasteiger partial charge in [0.2, 0.25) is 0 Å². The van der Waals surface area contributed by atoms with Crippen LogP contribution in [0.4, 0.5) is 0 Å². The average molecular weight is 272 g/mol. The van der Waals surface area contributed by atoms with E-state index in [4.69, 9.17) is 4.74 Å². The summed E-state index contributed by atoms with van der Waals surface area (Å²) in [6.45, 7) is 2.26. The van der Waals surface area contributed by atoms with Crippen LogP contribution < -0.4 is 4.74 Å². The fraction of sp³-hybridized carbons (Fsp3) is 0.579. The van der Waals surface area contributed by atoms with Gasteiger partial charge in [-0.15, -0.1) is 0 Å². The minimum absolute atomic E-state index is 0.871. The lowest BCUT2D eigenvalue weighted by Gasteiger charge is -2.01. The van der Waals surface area contributed by atoms with Crippen molar-refractivity contribution in [1.29, 1.82) is 0 Å². The van der Waals surface area contributed by atoms with Gasteiger partial charge in [-0.05, 0) is 18.6 Å². The van der Waals surface area contributed by atoms with Gasteiger partial charge in [0.15, 0.2) is 0 Å². The van der Waals surface area contributed by atoms with Gasteiger partial charge in [0.1, 0.15) is 5.75 Å². The molecule has 0 fully saturated rings. The molecule has 0 N–H and O–H groups in total. The first-order valence-corrected chi connectivity index (χ1v) is 8.00. The van der Waals surface area contributed by atoms with E-state index in [-0.39, 0.29) is 0 Å². The van der Waals surface area contributed by atoms with Gasteiger partial charge in [0.25, 0.3) is 0 Å². The quantitative estimate of drug-likeness (QED) is 0.421. The minimum Gasteiger partial charge on any atom is -0.495 e. The molecular formula is C19H28O. The van der Waals surface area contributed by atoms with Gasteiger partial charge >= 0.3 is 0 Å². The molecule has 0 bridgehead atoms. The summed E-state index contributed by atoms with van der Waals surface area (Å²) >= 11 is 0. The molecule has 20 heavy (non-hydrogen) atoms. The molecule has 0 aliphatic heterocycles. The molecule has 0 aromatic heterocycles. The van der Waals surface area contributed by atoms with E-state index in [0.29, 0.717) is 0 Å². The maximum atomic E-state index is 5.29. The first kappa shape index (κ1) is 16.6. The topological polar surface area (TPSA) is 9.23 Å². The maximum Gasteiger partial charge on any atom is 0.134 e. The minimum atomic E-state index is 0.871. The van der Waals surface area contributed by atoms with Crippen LogP contribution in [0.2, 0.25) is 0 Å². The third kappa shape index (κ3) is 7.24. The van der Waals surface area contributed by atoms with E-state index < -0.39 is 0 Å². The van der Waals surface area contributed by atoms with Crippen molar-refractivity contribution in [2.24, 2.45) is 0 Å². The van der Waals surface area contributed by atoms with Crippen LogP contribution in [0.3, 0.4) is 0 Å². The second-order valence-corrected chi connectivity index (χ2v) is 5.23. The predicted octanol–water partition coefficient (Wildman–Crippen LogP) is 5.58. The van der Waals surface area contributed by atoms with E-state index in [1.165, 1.54) is 51.4 Å². The largest absolute Gasteiger partial charge is 0.495 e. The van der Waals surface area contributed by atoms with E-state index in [1.807, 2.05) is 24.3 Å². The molecular weight excluding hydrogens is 244 g/mol. The summed E-state index contributed by atoms with van der Waals surface area (Å²) in [4.78, 5) is 0. The van der Waals surface area contributed by atoms with Crippen LogP contribution in [0.1, 0.15) is 70.3 Å². The van der Waals surface area contributed by atoms with E-state index in [0.717, 1.165) is 17.7 Å². The first-order chi connectivity index (χ1) is 9.88. The zero-order chi connectivity index (χ0) is 14.5. The molecule has 1 aromatic carbocycles. The SMILES string of the molecule is CCCCCCCCCCC#Cc1ccccc1OC. The molecule has 110 valence electrons. The van der Waals surface area contributed by atoms with Gasteiger partial charge in [-0.3, -0.25) is 0 Å². The number of rotatable bonds is 9. The van der Waals surface area contributed by atoms with Crippen molar-refractivity contribution in [3.63, 3.8) is 0 Å². The Bertz CT molecular complexity index is 411. The second-order valence-electron chi connectivity index (χ2n) is 5.23. The zero-order valence-electron chi connectivity index (χ0n) is 13.1.